The smallest absolute Gasteiger partial charge is 0.338 e. The average Bonchev–Trinajstić information content (AvgIpc) is 2.28. The lowest BCUT2D eigenvalue weighted by atomic mass is 10.1. The molecule has 5 nitrogen and oxygen atoms in total. The van der Waals surface area contributed by atoms with E-state index in [4.69, 9.17) is 10.8 Å². The van der Waals surface area contributed by atoms with Crippen molar-refractivity contribution >= 4 is 17.6 Å². The number of halogens is 1. The van der Waals surface area contributed by atoms with E-state index in [1.54, 1.807) is 0 Å². The van der Waals surface area contributed by atoms with E-state index in [0.717, 1.165) is 12.1 Å². The van der Waals surface area contributed by atoms with E-state index >= 15 is 0 Å². The van der Waals surface area contributed by atoms with E-state index in [2.05, 4.69) is 5.32 Å². The third-order valence-electron chi connectivity index (χ3n) is 2.46. The Bertz CT molecular complexity index is 463. The predicted octanol–water partition coefficient (Wildman–Crippen LogP) is 1.59. The Hall–Kier alpha value is -1.95. The molecule has 4 N–H and O–H groups in total. The van der Waals surface area contributed by atoms with E-state index in [1.165, 1.54) is 6.07 Å². The van der Waals surface area contributed by atoms with Crippen molar-refractivity contribution in [3.05, 3.63) is 29.6 Å². The highest BCUT2D eigenvalue weighted by Gasteiger charge is 2.12. The molecule has 1 unspecified atom stereocenters. The van der Waals surface area contributed by atoms with Gasteiger partial charge in [0.1, 0.15) is 5.82 Å². The van der Waals surface area contributed by atoms with Gasteiger partial charge in [-0.25, -0.2) is 9.18 Å². The molecular weight excluding hydrogens is 239 g/mol. The number of carboxylic acid groups (broad SMARTS) is 1. The fourth-order valence-electron chi connectivity index (χ4n) is 1.36. The van der Waals surface area contributed by atoms with Crippen LogP contribution in [0.25, 0.3) is 0 Å². The Balaban J connectivity index is 2.72. The first-order valence-corrected chi connectivity index (χ1v) is 5.52. The van der Waals surface area contributed by atoms with Crippen LogP contribution in [0.2, 0.25) is 0 Å². The fourth-order valence-corrected chi connectivity index (χ4v) is 1.36. The minimum Gasteiger partial charge on any atom is -0.478 e. The molecule has 6 heteroatoms. The molecule has 0 spiro atoms. The number of hydrogen-bond acceptors (Lipinski definition) is 3. The van der Waals surface area contributed by atoms with Crippen LogP contribution in [0.1, 0.15) is 30.1 Å². The highest BCUT2D eigenvalue weighted by Crippen LogP contribution is 2.15. The zero-order chi connectivity index (χ0) is 13.7. The van der Waals surface area contributed by atoms with Gasteiger partial charge in [-0.1, -0.05) is 6.92 Å². The topological polar surface area (TPSA) is 92.4 Å². The first-order valence-electron chi connectivity index (χ1n) is 5.52. The molecule has 1 amide bonds. The van der Waals surface area contributed by atoms with Gasteiger partial charge in [-0.15, -0.1) is 0 Å². The summed E-state index contributed by atoms with van der Waals surface area (Å²) in [5, 5.41) is 11.1. The van der Waals surface area contributed by atoms with Gasteiger partial charge in [0.15, 0.2) is 0 Å². The molecule has 0 aliphatic rings. The minimum atomic E-state index is -1.35. The molecule has 1 rings (SSSR count). The van der Waals surface area contributed by atoms with Crippen molar-refractivity contribution in [3.63, 3.8) is 0 Å². The number of nitrogens with one attached hydrogen (secondary N) is 1. The second kappa shape index (κ2) is 6.11. The number of aromatic carboxylic acids is 1. The highest BCUT2D eigenvalue weighted by molar-refractivity contribution is 5.92. The monoisotopic (exact) mass is 254 g/mol. The van der Waals surface area contributed by atoms with Crippen molar-refractivity contribution in [1.82, 2.24) is 0 Å². The fraction of sp³-hybridized carbons (Fsp3) is 0.333. The molecule has 0 saturated carbocycles. The van der Waals surface area contributed by atoms with Crippen LogP contribution in [-0.2, 0) is 4.79 Å². The Morgan fingerprint density at radius 3 is 2.67 bits per heavy atom. The molecule has 18 heavy (non-hydrogen) atoms. The Labute approximate surface area is 104 Å². The standard InChI is InChI=1S/C12H15FN2O3/c1-2-7(14)5-11(16)15-8-3-4-9(12(17)18)10(13)6-8/h3-4,6-7H,2,5,14H2,1H3,(H,15,16)(H,17,18). The van der Waals surface area contributed by atoms with Crippen LogP contribution in [0, 0.1) is 5.82 Å². The highest BCUT2D eigenvalue weighted by atomic mass is 19.1. The van der Waals surface area contributed by atoms with Gasteiger partial charge in [-0.05, 0) is 24.6 Å². The average molecular weight is 254 g/mol. The molecule has 1 atom stereocenters. The SMILES string of the molecule is CCC(N)CC(=O)Nc1ccc(C(=O)O)c(F)c1. The molecule has 0 fully saturated rings. The third kappa shape index (κ3) is 3.81. The van der Waals surface area contributed by atoms with Crippen molar-refractivity contribution in [2.24, 2.45) is 5.73 Å². The lowest BCUT2D eigenvalue weighted by Crippen LogP contribution is -2.26. The number of anilines is 1. The molecule has 0 radical (unpaired) electrons. The molecular formula is C12H15FN2O3. The van der Waals surface area contributed by atoms with Crippen LogP contribution in [0.5, 0.6) is 0 Å². The van der Waals surface area contributed by atoms with E-state index in [1.807, 2.05) is 6.92 Å². The quantitative estimate of drug-likeness (QED) is 0.744. The molecule has 0 aliphatic heterocycles. The maximum absolute atomic E-state index is 13.3. The summed E-state index contributed by atoms with van der Waals surface area (Å²) in [7, 11) is 0. The summed E-state index contributed by atoms with van der Waals surface area (Å²) in [5.74, 6) is -2.56. The van der Waals surface area contributed by atoms with Gasteiger partial charge in [0, 0.05) is 18.2 Å². The number of carbonyl (C=O) groups is 2. The molecule has 0 aromatic heterocycles. The molecule has 98 valence electrons. The van der Waals surface area contributed by atoms with E-state index < -0.39 is 17.3 Å². The Morgan fingerprint density at radius 1 is 1.50 bits per heavy atom. The normalized spacial score (nSPS) is 11.9. The number of carbonyl (C=O) groups excluding carboxylic acids is 1. The van der Waals surface area contributed by atoms with Gasteiger partial charge >= 0.3 is 5.97 Å². The van der Waals surface area contributed by atoms with Crippen molar-refractivity contribution in [2.45, 2.75) is 25.8 Å². The van der Waals surface area contributed by atoms with Gasteiger partial charge in [0.05, 0.1) is 5.56 Å². The molecule has 0 heterocycles. The summed E-state index contributed by atoms with van der Waals surface area (Å²) in [6.07, 6.45) is 0.804. The number of rotatable bonds is 5. The second-order valence-corrected chi connectivity index (χ2v) is 3.92. The molecule has 0 bridgehead atoms. The largest absolute Gasteiger partial charge is 0.478 e. The lowest BCUT2D eigenvalue weighted by molar-refractivity contribution is -0.116. The molecule has 1 aromatic carbocycles. The Morgan fingerprint density at radius 2 is 2.17 bits per heavy atom. The minimum absolute atomic E-state index is 0.138. The van der Waals surface area contributed by atoms with E-state index in [9.17, 15) is 14.0 Å². The predicted molar refractivity (Wildman–Crippen MR) is 64.9 cm³/mol. The number of amides is 1. The summed E-state index contributed by atoms with van der Waals surface area (Å²) >= 11 is 0. The van der Waals surface area contributed by atoms with Crippen molar-refractivity contribution in [1.29, 1.82) is 0 Å². The maximum atomic E-state index is 13.3. The Kier molecular flexibility index (Phi) is 4.79. The number of hydrogen-bond donors (Lipinski definition) is 3. The summed E-state index contributed by atoms with van der Waals surface area (Å²) in [4.78, 5) is 22.1. The number of nitrogens with two attached hydrogens (primary N) is 1. The van der Waals surface area contributed by atoms with Gasteiger partial charge in [-0.2, -0.15) is 0 Å². The second-order valence-electron chi connectivity index (χ2n) is 3.92. The molecule has 1 aromatic rings. The first-order chi connectivity index (χ1) is 8.43. The van der Waals surface area contributed by atoms with Crippen molar-refractivity contribution < 1.29 is 19.1 Å². The van der Waals surface area contributed by atoms with Crippen LogP contribution in [-0.4, -0.2) is 23.0 Å². The number of benzene rings is 1. The van der Waals surface area contributed by atoms with Crippen LogP contribution in [0.3, 0.4) is 0 Å². The summed E-state index contributed by atoms with van der Waals surface area (Å²) in [6, 6.07) is 3.17. The van der Waals surface area contributed by atoms with E-state index in [0.29, 0.717) is 6.42 Å². The van der Waals surface area contributed by atoms with E-state index in [-0.39, 0.29) is 24.1 Å². The van der Waals surface area contributed by atoms with Gasteiger partial charge in [-0.3, -0.25) is 4.79 Å². The third-order valence-corrected chi connectivity index (χ3v) is 2.46. The summed E-state index contributed by atoms with van der Waals surface area (Å²) < 4.78 is 13.3. The van der Waals surface area contributed by atoms with Gasteiger partial charge < -0.3 is 16.2 Å². The zero-order valence-corrected chi connectivity index (χ0v) is 9.94. The zero-order valence-electron chi connectivity index (χ0n) is 9.94. The van der Waals surface area contributed by atoms with Gasteiger partial charge in [0.25, 0.3) is 0 Å². The van der Waals surface area contributed by atoms with Crippen LogP contribution < -0.4 is 11.1 Å². The summed E-state index contributed by atoms with van der Waals surface area (Å²) in [5.41, 5.74) is 5.39. The first kappa shape index (κ1) is 14.1. The van der Waals surface area contributed by atoms with Gasteiger partial charge in [0.2, 0.25) is 5.91 Å². The van der Waals surface area contributed by atoms with Crippen LogP contribution in [0.15, 0.2) is 18.2 Å². The van der Waals surface area contributed by atoms with Crippen molar-refractivity contribution in [3.8, 4) is 0 Å². The maximum Gasteiger partial charge on any atom is 0.338 e. The molecule has 0 aliphatic carbocycles. The van der Waals surface area contributed by atoms with Crippen LogP contribution >= 0.6 is 0 Å². The van der Waals surface area contributed by atoms with Crippen LogP contribution in [0.4, 0.5) is 10.1 Å². The molecule has 0 saturated heterocycles. The number of carboxylic acids is 1. The summed E-state index contributed by atoms with van der Waals surface area (Å²) in [6.45, 7) is 1.86. The van der Waals surface area contributed by atoms with Crippen molar-refractivity contribution in [2.75, 3.05) is 5.32 Å². The lowest BCUT2D eigenvalue weighted by Gasteiger charge is -2.09.